The maximum absolute atomic E-state index is 11.8. The average molecular weight is 317 g/mol. The Balaban J connectivity index is 1.73. The van der Waals surface area contributed by atoms with Crippen molar-refractivity contribution in [1.29, 1.82) is 0 Å². The van der Waals surface area contributed by atoms with Gasteiger partial charge < -0.3 is 20.2 Å². The van der Waals surface area contributed by atoms with Crippen LogP contribution in [0.3, 0.4) is 0 Å². The molecule has 0 unspecified atom stereocenters. The Hall–Kier alpha value is -2.34. The molecule has 0 radical (unpaired) electrons. The second kappa shape index (κ2) is 7.28. The van der Waals surface area contributed by atoms with Crippen LogP contribution in [0, 0.1) is 13.8 Å². The molecule has 0 aliphatic rings. The van der Waals surface area contributed by atoms with E-state index in [1.165, 1.54) is 0 Å². The minimum absolute atomic E-state index is 0.0673. The van der Waals surface area contributed by atoms with E-state index in [1.807, 2.05) is 19.1 Å². The Morgan fingerprint density at radius 1 is 1.26 bits per heavy atom. The molecule has 2 rings (SSSR count). The minimum atomic E-state index is -1.24. The van der Waals surface area contributed by atoms with E-state index in [1.54, 1.807) is 32.2 Å². The lowest BCUT2D eigenvalue weighted by Crippen LogP contribution is -2.43. The molecular weight excluding hydrogens is 294 g/mol. The first-order valence-electron chi connectivity index (χ1n) is 7.59. The van der Waals surface area contributed by atoms with Gasteiger partial charge in [-0.2, -0.15) is 0 Å². The number of carbonyl (C=O) groups is 1. The van der Waals surface area contributed by atoms with Crippen LogP contribution in [0.15, 0.2) is 34.9 Å². The van der Waals surface area contributed by atoms with Crippen molar-refractivity contribution in [2.75, 3.05) is 13.1 Å². The molecular formula is C17H23N3O3. The summed E-state index contributed by atoms with van der Waals surface area (Å²) in [6.07, 6.45) is 2.51. The summed E-state index contributed by atoms with van der Waals surface area (Å²) in [7, 11) is 0. The van der Waals surface area contributed by atoms with Crippen molar-refractivity contribution < 1.29 is 14.3 Å². The standard InChI is InChI=1S/C17H23N3O3/c1-12-4-6-14(10-19-12)8-9-18-16(21)20-11-17(3,22)15-7-5-13(2)23-15/h4-7,10,22H,8-9,11H2,1-3H3,(H2,18,20,21)/t17-/m1/s1. The number of hydrogen-bond acceptors (Lipinski definition) is 4. The van der Waals surface area contributed by atoms with Crippen LogP contribution in [0.25, 0.3) is 0 Å². The zero-order valence-corrected chi connectivity index (χ0v) is 13.7. The molecule has 1 atom stereocenters. The summed E-state index contributed by atoms with van der Waals surface area (Å²) in [6, 6.07) is 7.09. The van der Waals surface area contributed by atoms with E-state index < -0.39 is 5.60 Å². The van der Waals surface area contributed by atoms with Crippen LogP contribution in [0.4, 0.5) is 4.79 Å². The zero-order valence-electron chi connectivity index (χ0n) is 13.7. The third kappa shape index (κ3) is 5.10. The van der Waals surface area contributed by atoms with Crippen LogP contribution < -0.4 is 10.6 Å². The van der Waals surface area contributed by atoms with Gasteiger partial charge in [0.1, 0.15) is 17.1 Å². The maximum atomic E-state index is 11.8. The number of aromatic nitrogens is 1. The second-order valence-corrected chi connectivity index (χ2v) is 5.85. The van der Waals surface area contributed by atoms with Crippen molar-refractivity contribution in [3.05, 3.63) is 53.2 Å². The Bertz CT molecular complexity index is 647. The van der Waals surface area contributed by atoms with Crippen LogP contribution in [0.5, 0.6) is 0 Å². The summed E-state index contributed by atoms with van der Waals surface area (Å²) >= 11 is 0. The molecule has 2 aromatic rings. The van der Waals surface area contributed by atoms with E-state index in [-0.39, 0.29) is 12.6 Å². The highest BCUT2D eigenvalue weighted by Gasteiger charge is 2.27. The third-order valence-corrected chi connectivity index (χ3v) is 3.54. The van der Waals surface area contributed by atoms with Gasteiger partial charge in [-0.1, -0.05) is 6.07 Å². The molecule has 0 aliphatic carbocycles. The van der Waals surface area contributed by atoms with Crippen LogP contribution in [0.2, 0.25) is 0 Å². The number of aryl methyl sites for hydroxylation is 2. The molecule has 2 amide bonds. The van der Waals surface area contributed by atoms with E-state index in [0.29, 0.717) is 18.7 Å². The van der Waals surface area contributed by atoms with E-state index >= 15 is 0 Å². The van der Waals surface area contributed by atoms with Crippen molar-refractivity contribution in [3.63, 3.8) is 0 Å². The van der Waals surface area contributed by atoms with Gasteiger partial charge in [-0.3, -0.25) is 4.98 Å². The third-order valence-electron chi connectivity index (χ3n) is 3.54. The van der Waals surface area contributed by atoms with Gasteiger partial charge in [0.15, 0.2) is 0 Å². The molecule has 0 aromatic carbocycles. The van der Waals surface area contributed by atoms with Gasteiger partial charge >= 0.3 is 6.03 Å². The van der Waals surface area contributed by atoms with Gasteiger partial charge in [-0.25, -0.2) is 4.79 Å². The molecule has 6 heteroatoms. The van der Waals surface area contributed by atoms with Crippen LogP contribution >= 0.6 is 0 Å². The van der Waals surface area contributed by atoms with Gasteiger partial charge in [0.2, 0.25) is 0 Å². The van der Waals surface area contributed by atoms with Gasteiger partial charge in [-0.05, 0) is 51.0 Å². The lowest BCUT2D eigenvalue weighted by Gasteiger charge is -2.21. The number of aliphatic hydroxyl groups is 1. The van der Waals surface area contributed by atoms with Crippen molar-refractivity contribution in [2.45, 2.75) is 32.8 Å². The van der Waals surface area contributed by atoms with Crippen LogP contribution in [0.1, 0.15) is 29.7 Å². The minimum Gasteiger partial charge on any atom is -0.463 e. The van der Waals surface area contributed by atoms with E-state index in [4.69, 9.17) is 4.42 Å². The number of carbonyl (C=O) groups excluding carboxylic acids is 1. The van der Waals surface area contributed by atoms with Crippen molar-refractivity contribution >= 4 is 6.03 Å². The van der Waals surface area contributed by atoms with Crippen molar-refractivity contribution in [1.82, 2.24) is 15.6 Å². The number of urea groups is 1. The maximum Gasteiger partial charge on any atom is 0.314 e. The molecule has 0 saturated heterocycles. The van der Waals surface area contributed by atoms with Crippen molar-refractivity contribution in [3.8, 4) is 0 Å². The molecule has 0 aliphatic heterocycles. The summed E-state index contributed by atoms with van der Waals surface area (Å²) in [5, 5.41) is 15.7. The first-order valence-corrected chi connectivity index (χ1v) is 7.59. The van der Waals surface area contributed by atoms with Crippen LogP contribution in [-0.2, 0) is 12.0 Å². The van der Waals surface area contributed by atoms with Crippen molar-refractivity contribution in [2.24, 2.45) is 0 Å². The number of rotatable bonds is 6. The number of pyridine rings is 1. The monoisotopic (exact) mass is 317 g/mol. The Morgan fingerprint density at radius 3 is 2.65 bits per heavy atom. The molecule has 0 fully saturated rings. The normalized spacial score (nSPS) is 13.4. The summed E-state index contributed by atoms with van der Waals surface area (Å²) in [5.74, 6) is 1.15. The van der Waals surface area contributed by atoms with E-state index in [0.717, 1.165) is 17.0 Å². The number of nitrogens with one attached hydrogen (secondary N) is 2. The smallest absolute Gasteiger partial charge is 0.314 e. The predicted molar refractivity (Wildman–Crippen MR) is 87.1 cm³/mol. The Kier molecular flexibility index (Phi) is 5.39. The second-order valence-electron chi connectivity index (χ2n) is 5.85. The van der Waals surface area contributed by atoms with Gasteiger partial charge in [-0.15, -0.1) is 0 Å². The fraction of sp³-hybridized carbons (Fsp3) is 0.412. The number of nitrogens with zero attached hydrogens (tertiary/aromatic N) is 1. The SMILES string of the molecule is Cc1ccc(CCNC(=O)NC[C@@](C)(O)c2ccc(C)o2)cn1. The molecule has 0 spiro atoms. The van der Waals surface area contributed by atoms with E-state index in [2.05, 4.69) is 15.6 Å². The molecule has 23 heavy (non-hydrogen) atoms. The summed E-state index contributed by atoms with van der Waals surface area (Å²) in [5.41, 5.74) is 0.788. The van der Waals surface area contributed by atoms with Crippen LogP contribution in [-0.4, -0.2) is 29.2 Å². The Morgan fingerprint density at radius 2 is 2.04 bits per heavy atom. The molecule has 3 N–H and O–H groups in total. The highest BCUT2D eigenvalue weighted by molar-refractivity contribution is 5.73. The van der Waals surface area contributed by atoms with Gasteiger partial charge in [0.25, 0.3) is 0 Å². The van der Waals surface area contributed by atoms with Gasteiger partial charge in [0.05, 0.1) is 6.54 Å². The molecule has 124 valence electrons. The lowest BCUT2D eigenvalue weighted by atomic mass is 10.0. The number of amides is 2. The zero-order chi connectivity index (χ0) is 16.9. The highest BCUT2D eigenvalue weighted by atomic mass is 16.4. The quantitative estimate of drug-likeness (QED) is 0.761. The predicted octanol–water partition coefficient (Wildman–Crippen LogP) is 2.04. The Labute approximate surface area is 135 Å². The molecule has 0 bridgehead atoms. The largest absolute Gasteiger partial charge is 0.463 e. The number of hydrogen-bond donors (Lipinski definition) is 3. The first kappa shape index (κ1) is 17.0. The fourth-order valence-corrected chi connectivity index (χ4v) is 2.09. The molecule has 0 saturated carbocycles. The van der Waals surface area contributed by atoms with E-state index in [9.17, 15) is 9.90 Å². The summed E-state index contributed by atoms with van der Waals surface area (Å²) in [4.78, 5) is 16.0. The lowest BCUT2D eigenvalue weighted by molar-refractivity contribution is 0.0360. The number of furan rings is 1. The average Bonchev–Trinajstić information content (AvgIpc) is 2.95. The molecule has 6 nitrogen and oxygen atoms in total. The molecule has 2 aromatic heterocycles. The first-order chi connectivity index (χ1) is 10.9. The highest BCUT2D eigenvalue weighted by Crippen LogP contribution is 2.21. The summed E-state index contributed by atoms with van der Waals surface area (Å²) in [6.45, 7) is 5.90. The summed E-state index contributed by atoms with van der Waals surface area (Å²) < 4.78 is 5.40. The topological polar surface area (TPSA) is 87.4 Å². The van der Waals surface area contributed by atoms with Gasteiger partial charge in [0, 0.05) is 18.4 Å². The molecule has 2 heterocycles. The fourth-order valence-electron chi connectivity index (χ4n) is 2.09.